The molecule has 94 valence electrons. The van der Waals surface area contributed by atoms with E-state index in [-0.39, 0.29) is 0 Å². The van der Waals surface area contributed by atoms with Crippen molar-refractivity contribution in [2.24, 2.45) is 0 Å². The number of aldehydes is 1. The summed E-state index contributed by atoms with van der Waals surface area (Å²) >= 11 is 1.55. The molecule has 0 fully saturated rings. The molecule has 0 spiro atoms. The van der Waals surface area contributed by atoms with Crippen molar-refractivity contribution in [3.8, 4) is 21.9 Å². The number of furan rings is 1. The summed E-state index contributed by atoms with van der Waals surface area (Å²) in [6.07, 6.45) is 0.696. The van der Waals surface area contributed by atoms with Gasteiger partial charge in [0.15, 0.2) is 12.0 Å². The van der Waals surface area contributed by atoms with Gasteiger partial charge >= 0.3 is 0 Å². The summed E-state index contributed by atoms with van der Waals surface area (Å²) in [4.78, 5) is 10.6. The Morgan fingerprint density at radius 2 is 2.00 bits per heavy atom. The standard InChI is InChI=1S/C14H10N2O2S/c1-9-15-16-14(19-9)11-4-2-3-10(7-11)13-6-5-12(8-17)18-13/h2-8H,1H3. The predicted molar refractivity (Wildman–Crippen MR) is 73.2 cm³/mol. The third-order valence-electron chi connectivity index (χ3n) is 2.66. The third kappa shape index (κ3) is 2.32. The Balaban J connectivity index is 2.02. The summed E-state index contributed by atoms with van der Waals surface area (Å²) < 4.78 is 5.41. The molecule has 2 heterocycles. The average Bonchev–Trinajstić information content (AvgIpc) is 3.07. The molecular formula is C14H10N2O2S. The predicted octanol–water partition coefficient (Wildman–Crippen LogP) is 3.59. The van der Waals surface area contributed by atoms with Crippen LogP contribution in [0.15, 0.2) is 40.8 Å². The van der Waals surface area contributed by atoms with Gasteiger partial charge < -0.3 is 4.42 Å². The van der Waals surface area contributed by atoms with Crippen molar-refractivity contribution in [1.29, 1.82) is 0 Å². The summed E-state index contributed by atoms with van der Waals surface area (Å²) in [5.74, 6) is 0.998. The van der Waals surface area contributed by atoms with Crippen LogP contribution in [-0.4, -0.2) is 16.5 Å². The molecular weight excluding hydrogens is 260 g/mol. The molecule has 2 aromatic heterocycles. The van der Waals surface area contributed by atoms with Crippen LogP contribution in [-0.2, 0) is 0 Å². The lowest BCUT2D eigenvalue weighted by atomic mass is 10.1. The monoisotopic (exact) mass is 270 g/mol. The fourth-order valence-electron chi connectivity index (χ4n) is 1.79. The van der Waals surface area contributed by atoms with Crippen molar-refractivity contribution >= 4 is 17.6 Å². The molecule has 0 N–H and O–H groups in total. The maximum absolute atomic E-state index is 10.6. The quantitative estimate of drug-likeness (QED) is 0.682. The van der Waals surface area contributed by atoms with Gasteiger partial charge in [-0.15, -0.1) is 10.2 Å². The molecule has 0 aliphatic rings. The number of benzene rings is 1. The average molecular weight is 270 g/mol. The van der Waals surface area contributed by atoms with Gasteiger partial charge in [-0.05, 0) is 25.1 Å². The van der Waals surface area contributed by atoms with Crippen molar-refractivity contribution in [1.82, 2.24) is 10.2 Å². The molecule has 0 atom stereocenters. The molecule has 3 aromatic rings. The van der Waals surface area contributed by atoms with Crippen molar-refractivity contribution in [2.75, 3.05) is 0 Å². The van der Waals surface area contributed by atoms with Crippen LogP contribution in [0.3, 0.4) is 0 Å². The number of nitrogens with zero attached hydrogens (tertiary/aromatic N) is 2. The van der Waals surface area contributed by atoms with Crippen LogP contribution in [0.25, 0.3) is 21.9 Å². The fraction of sp³-hybridized carbons (Fsp3) is 0.0714. The molecule has 0 radical (unpaired) electrons. The summed E-state index contributed by atoms with van der Waals surface area (Å²) in [5, 5.41) is 9.94. The first-order valence-corrected chi connectivity index (χ1v) is 6.54. The van der Waals surface area contributed by atoms with E-state index in [9.17, 15) is 4.79 Å². The van der Waals surface area contributed by atoms with E-state index < -0.39 is 0 Å². The van der Waals surface area contributed by atoms with Gasteiger partial charge in [-0.1, -0.05) is 29.5 Å². The normalized spacial score (nSPS) is 10.6. The topological polar surface area (TPSA) is 56.0 Å². The molecule has 19 heavy (non-hydrogen) atoms. The third-order valence-corrected chi connectivity index (χ3v) is 3.55. The first-order chi connectivity index (χ1) is 9.26. The molecule has 0 amide bonds. The number of aromatic nitrogens is 2. The first-order valence-electron chi connectivity index (χ1n) is 5.72. The summed E-state index contributed by atoms with van der Waals surface area (Å²) in [6, 6.07) is 11.3. The number of rotatable bonds is 3. The Labute approximate surface area is 113 Å². The second-order valence-electron chi connectivity index (χ2n) is 4.03. The van der Waals surface area contributed by atoms with Crippen LogP contribution < -0.4 is 0 Å². The Kier molecular flexibility index (Phi) is 2.97. The Hall–Kier alpha value is -2.27. The molecule has 1 aromatic carbocycles. The van der Waals surface area contributed by atoms with E-state index >= 15 is 0 Å². The van der Waals surface area contributed by atoms with Crippen molar-refractivity contribution in [3.63, 3.8) is 0 Å². The van der Waals surface area contributed by atoms with Crippen molar-refractivity contribution < 1.29 is 9.21 Å². The fourth-order valence-corrected chi connectivity index (χ4v) is 2.48. The molecule has 0 bridgehead atoms. The Morgan fingerprint density at radius 3 is 2.68 bits per heavy atom. The van der Waals surface area contributed by atoms with E-state index in [1.807, 2.05) is 31.2 Å². The van der Waals surface area contributed by atoms with Gasteiger partial charge in [0.05, 0.1) is 0 Å². The number of carbonyl (C=O) groups is 1. The highest BCUT2D eigenvalue weighted by molar-refractivity contribution is 7.14. The lowest BCUT2D eigenvalue weighted by molar-refractivity contribution is 0.110. The molecule has 0 unspecified atom stereocenters. The van der Waals surface area contributed by atoms with Gasteiger partial charge in [0.2, 0.25) is 0 Å². The van der Waals surface area contributed by atoms with Crippen LogP contribution in [0.1, 0.15) is 15.6 Å². The molecule has 3 rings (SSSR count). The Bertz CT molecular complexity index is 730. The zero-order chi connectivity index (χ0) is 13.2. The first kappa shape index (κ1) is 11.8. The summed E-state index contributed by atoms with van der Waals surface area (Å²) in [7, 11) is 0. The van der Waals surface area contributed by atoms with Crippen LogP contribution >= 0.6 is 11.3 Å². The molecule has 0 saturated carbocycles. The highest BCUT2D eigenvalue weighted by Crippen LogP contribution is 2.28. The van der Waals surface area contributed by atoms with Crippen LogP contribution in [0.5, 0.6) is 0 Å². The van der Waals surface area contributed by atoms with Crippen molar-refractivity contribution in [2.45, 2.75) is 6.92 Å². The van der Waals surface area contributed by atoms with Crippen molar-refractivity contribution in [3.05, 3.63) is 47.2 Å². The zero-order valence-corrected chi connectivity index (χ0v) is 11.0. The van der Waals surface area contributed by atoms with Crippen LogP contribution in [0.2, 0.25) is 0 Å². The number of hydrogen-bond donors (Lipinski definition) is 0. The minimum absolute atomic E-state index is 0.326. The molecule has 4 nitrogen and oxygen atoms in total. The number of aryl methyl sites for hydroxylation is 1. The lowest BCUT2D eigenvalue weighted by Crippen LogP contribution is -1.79. The van der Waals surface area contributed by atoms with E-state index in [0.29, 0.717) is 17.8 Å². The second-order valence-corrected chi connectivity index (χ2v) is 5.21. The van der Waals surface area contributed by atoms with Gasteiger partial charge in [0.1, 0.15) is 15.8 Å². The number of carbonyl (C=O) groups excluding carboxylic acids is 1. The molecule has 0 aliphatic carbocycles. The van der Waals surface area contributed by atoms with Gasteiger partial charge in [0, 0.05) is 11.1 Å². The maximum atomic E-state index is 10.6. The second kappa shape index (κ2) is 4.78. The zero-order valence-electron chi connectivity index (χ0n) is 10.2. The van der Waals surface area contributed by atoms with Crippen LogP contribution in [0.4, 0.5) is 0 Å². The minimum atomic E-state index is 0.326. The van der Waals surface area contributed by atoms with E-state index in [1.165, 1.54) is 0 Å². The summed E-state index contributed by atoms with van der Waals surface area (Å²) in [6.45, 7) is 1.92. The van der Waals surface area contributed by atoms with E-state index in [1.54, 1.807) is 23.5 Å². The number of hydrogen-bond acceptors (Lipinski definition) is 5. The van der Waals surface area contributed by atoms with Gasteiger partial charge in [-0.2, -0.15) is 0 Å². The summed E-state index contributed by atoms with van der Waals surface area (Å²) in [5.41, 5.74) is 1.91. The van der Waals surface area contributed by atoms with E-state index in [4.69, 9.17) is 4.42 Å². The molecule has 0 aliphatic heterocycles. The van der Waals surface area contributed by atoms with Gasteiger partial charge in [-0.25, -0.2) is 0 Å². The van der Waals surface area contributed by atoms with E-state index in [2.05, 4.69) is 10.2 Å². The Morgan fingerprint density at radius 1 is 1.16 bits per heavy atom. The highest BCUT2D eigenvalue weighted by atomic mass is 32.1. The smallest absolute Gasteiger partial charge is 0.185 e. The molecule has 5 heteroatoms. The molecule has 0 saturated heterocycles. The van der Waals surface area contributed by atoms with Gasteiger partial charge in [0.25, 0.3) is 0 Å². The van der Waals surface area contributed by atoms with Crippen LogP contribution in [0, 0.1) is 6.92 Å². The minimum Gasteiger partial charge on any atom is -0.453 e. The maximum Gasteiger partial charge on any atom is 0.185 e. The largest absolute Gasteiger partial charge is 0.453 e. The SMILES string of the molecule is Cc1nnc(-c2cccc(-c3ccc(C=O)o3)c2)s1. The lowest BCUT2D eigenvalue weighted by Gasteiger charge is -1.99. The van der Waals surface area contributed by atoms with E-state index in [0.717, 1.165) is 21.1 Å². The highest BCUT2D eigenvalue weighted by Gasteiger charge is 2.08. The van der Waals surface area contributed by atoms with Gasteiger partial charge in [-0.3, -0.25) is 4.79 Å².